The van der Waals surface area contributed by atoms with E-state index in [4.69, 9.17) is 0 Å². The van der Waals surface area contributed by atoms with E-state index in [9.17, 15) is 0 Å². The first kappa shape index (κ1) is 10.7. The molecule has 1 aromatic carbocycles. The number of hydrogen-bond acceptors (Lipinski definition) is 1. The molecule has 1 atom stereocenters. The van der Waals surface area contributed by atoms with E-state index < -0.39 is 0 Å². The maximum Gasteiger partial charge on any atom is 0.0190 e. The molecule has 1 N–H and O–H groups in total. The molecule has 0 heterocycles. The summed E-state index contributed by atoms with van der Waals surface area (Å²) in [5.41, 5.74) is 4.70. The van der Waals surface area contributed by atoms with Gasteiger partial charge < -0.3 is 5.32 Å². The van der Waals surface area contributed by atoms with Crippen LogP contribution in [0, 0.1) is 6.92 Å². The SMILES string of the molecule is CNC(C)(C)C1CCc2ccc(C)cc21. The maximum atomic E-state index is 3.44. The van der Waals surface area contributed by atoms with Gasteiger partial charge in [0.15, 0.2) is 0 Å². The molecule has 0 amide bonds. The van der Waals surface area contributed by atoms with Crippen LogP contribution in [0.1, 0.15) is 42.9 Å². The topological polar surface area (TPSA) is 12.0 Å². The summed E-state index contributed by atoms with van der Waals surface area (Å²) in [7, 11) is 2.06. The van der Waals surface area contributed by atoms with E-state index in [1.165, 1.54) is 18.4 Å². The highest BCUT2D eigenvalue weighted by Gasteiger charge is 2.34. The fourth-order valence-electron chi connectivity index (χ4n) is 2.65. The molecule has 2 rings (SSSR count). The number of fused-ring (bicyclic) bond motifs is 1. The second-order valence-electron chi connectivity index (χ2n) is 5.27. The molecule has 0 spiro atoms. The maximum absolute atomic E-state index is 3.44. The molecule has 0 fully saturated rings. The summed E-state index contributed by atoms with van der Waals surface area (Å²) in [5.74, 6) is 0.664. The van der Waals surface area contributed by atoms with Crippen LogP contribution in [0.25, 0.3) is 0 Å². The summed E-state index contributed by atoms with van der Waals surface area (Å²) in [6.45, 7) is 6.78. The van der Waals surface area contributed by atoms with Crippen LogP contribution in [-0.4, -0.2) is 12.6 Å². The lowest BCUT2D eigenvalue weighted by atomic mass is 9.83. The Morgan fingerprint density at radius 3 is 2.73 bits per heavy atom. The molecule has 0 aliphatic heterocycles. The van der Waals surface area contributed by atoms with Crippen molar-refractivity contribution in [2.75, 3.05) is 7.05 Å². The molecule has 1 aliphatic carbocycles. The molecule has 1 unspecified atom stereocenters. The minimum Gasteiger partial charge on any atom is -0.314 e. The van der Waals surface area contributed by atoms with Gasteiger partial charge in [0.1, 0.15) is 0 Å². The first-order valence-electron chi connectivity index (χ1n) is 5.83. The molecular formula is C14H21N. The fraction of sp³-hybridized carbons (Fsp3) is 0.571. The van der Waals surface area contributed by atoms with Crippen LogP contribution in [-0.2, 0) is 6.42 Å². The van der Waals surface area contributed by atoms with E-state index in [0.717, 1.165) is 0 Å². The van der Waals surface area contributed by atoms with Crippen molar-refractivity contribution in [3.8, 4) is 0 Å². The van der Waals surface area contributed by atoms with Crippen molar-refractivity contribution in [1.82, 2.24) is 5.32 Å². The third-order valence-corrected chi connectivity index (χ3v) is 3.89. The third kappa shape index (κ3) is 1.81. The Hall–Kier alpha value is -0.820. The van der Waals surface area contributed by atoms with E-state index in [2.05, 4.69) is 51.3 Å². The lowest BCUT2D eigenvalue weighted by Gasteiger charge is -2.32. The highest BCUT2D eigenvalue weighted by molar-refractivity contribution is 5.39. The lowest BCUT2D eigenvalue weighted by Crippen LogP contribution is -2.41. The molecule has 0 aromatic heterocycles. The minimum absolute atomic E-state index is 0.207. The van der Waals surface area contributed by atoms with Gasteiger partial charge in [0.25, 0.3) is 0 Å². The molecule has 1 heteroatoms. The van der Waals surface area contributed by atoms with Gasteiger partial charge in [-0.3, -0.25) is 0 Å². The standard InChI is InChI=1S/C14H21N/c1-10-5-6-11-7-8-13(12(11)9-10)14(2,3)15-4/h5-6,9,13,15H,7-8H2,1-4H3. The molecule has 0 bridgehead atoms. The first-order chi connectivity index (χ1) is 7.04. The Bertz CT molecular complexity index is 366. The summed E-state index contributed by atoms with van der Waals surface area (Å²) in [6, 6.07) is 6.90. The average Bonchev–Trinajstić information content (AvgIpc) is 2.61. The number of aryl methyl sites for hydroxylation is 2. The van der Waals surface area contributed by atoms with Crippen LogP contribution >= 0.6 is 0 Å². The Morgan fingerprint density at radius 2 is 2.07 bits per heavy atom. The summed E-state index contributed by atoms with van der Waals surface area (Å²) in [6.07, 6.45) is 2.53. The summed E-state index contributed by atoms with van der Waals surface area (Å²) < 4.78 is 0. The van der Waals surface area contributed by atoms with Gasteiger partial charge >= 0.3 is 0 Å². The minimum atomic E-state index is 0.207. The summed E-state index contributed by atoms with van der Waals surface area (Å²) >= 11 is 0. The third-order valence-electron chi connectivity index (χ3n) is 3.89. The van der Waals surface area contributed by atoms with Crippen molar-refractivity contribution in [3.05, 3.63) is 34.9 Å². The van der Waals surface area contributed by atoms with Crippen molar-refractivity contribution in [1.29, 1.82) is 0 Å². The van der Waals surface area contributed by atoms with E-state index in [0.29, 0.717) is 5.92 Å². The number of nitrogens with one attached hydrogen (secondary N) is 1. The normalized spacial score (nSPS) is 20.4. The Morgan fingerprint density at radius 1 is 1.33 bits per heavy atom. The fourth-order valence-corrected chi connectivity index (χ4v) is 2.65. The number of rotatable bonds is 2. The van der Waals surface area contributed by atoms with Gasteiger partial charge in [-0.1, -0.05) is 23.8 Å². The monoisotopic (exact) mass is 203 g/mol. The molecule has 15 heavy (non-hydrogen) atoms. The van der Waals surface area contributed by atoms with Crippen molar-refractivity contribution >= 4 is 0 Å². The smallest absolute Gasteiger partial charge is 0.0190 e. The highest BCUT2D eigenvalue weighted by Crippen LogP contribution is 2.40. The van der Waals surface area contributed by atoms with E-state index in [-0.39, 0.29) is 5.54 Å². The van der Waals surface area contributed by atoms with Crippen molar-refractivity contribution in [2.45, 2.75) is 45.1 Å². The molecule has 1 aliphatic rings. The van der Waals surface area contributed by atoms with Gasteiger partial charge in [-0.25, -0.2) is 0 Å². The Labute approximate surface area is 92.9 Å². The van der Waals surface area contributed by atoms with Gasteiger partial charge in [0.2, 0.25) is 0 Å². The van der Waals surface area contributed by atoms with Crippen LogP contribution in [0.3, 0.4) is 0 Å². The molecule has 1 aromatic rings. The summed E-state index contributed by atoms with van der Waals surface area (Å²) in [4.78, 5) is 0. The first-order valence-corrected chi connectivity index (χ1v) is 5.83. The van der Waals surface area contributed by atoms with E-state index >= 15 is 0 Å². The molecule has 82 valence electrons. The zero-order valence-electron chi connectivity index (χ0n) is 10.2. The largest absolute Gasteiger partial charge is 0.314 e. The Balaban J connectivity index is 2.39. The number of likely N-dealkylation sites (N-methyl/N-ethyl adjacent to an activating group) is 1. The van der Waals surface area contributed by atoms with Crippen LogP contribution in [0.15, 0.2) is 18.2 Å². The second kappa shape index (κ2) is 3.64. The van der Waals surface area contributed by atoms with E-state index in [1.54, 1.807) is 11.1 Å². The highest BCUT2D eigenvalue weighted by atomic mass is 14.9. The number of benzene rings is 1. The van der Waals surface area contributed by atoms with Crippen LogP contribution in [0.4, 0.5) is 0 Å². The van der Waals surface area contributed by atoms with Gasteiger partial charge in [-0.2, -0.15) is 0 Å². The lowest BCUT2D eigenvalue weighted by molar-refractivity contribution is 0.341. The predicted molar refractivity (Wildman–Crippen MR) is 65.4 cm³/mol. The summed E-state index contributed by atoms with van der Waals surface area (Å²) in [5, 5.41) is 3.44. The zero-order valence-corrected chi connectivity index (χ0v) is 10.2. The van der Waals surface area contributed by atoms with Gasteiger partial charge in [0.05, 0.1) is 0 Å². The van der Waals surface area contributed by atoms with Crippen molar-refractivity contribution < 1.29 is 0 Å². The molecule has 0 saturated heterocycles. The molecule has 0 saturated carbocycles. The predicted octanol–water partition coefficient (Wildman–Crippen LogP) is 3.02. The van der Waals surface area contributed by atoms with Gasteiger partial charge in [0, 0.05) is 11.5 Å². The molecule has 0 radical (unpaired) electrons. The van der Waals surface area contributed by atoms with Gasteiger partial charge in [-0.15, -0.1) is 0 Å². The van der Waals surface area contributed by atoms with E-state index in [1.807, 2.05) is 0 Å². The van der Waals surface area contributed by atoms with Gasteiger partial charge in [-0.05, 0) is 51.8 Å². The zero-order chi connectivity index (χ0) is 11.1. The quantitative estimate of drug-likeness (QED) is 0.779. The second-order valence-corrected chi connectivity index (χ2v) is 5.27. The number of hydrogen-bond donors (Lipinski definition) is 1. The average molecular weight is 203 g/mol. The Kier molecular flexibility index (Phi) is 2.59. The van der Waals surface area contributed by atoms with Crippen LogP contribution < -0.4 is 5.32 Å². The molecular weight excluding hydrogens is 182 g/mol. The van der Waals surface area contributed by atoms with Crippen molar-refractivity contribution in [2.24, 2.45) is 0 Å². The van der Waals surface area contributed by atoms with Crippen LogP contribution in [0.5, 0.6) is 0 Å². The molecule has 1 nitrogen and oxygen atoms in total. The van der Waals surface area contributed by atoms with Crippen molar-refractivity contribution in [3.63, 3.8) is 0 Å². The van der Waals surface area contributed by atoms with Crippen LogP contribution in [0.2, 0.25) is 0 Å².